The summed E-state index contributed by atoms with van der Waals surface area (Å²) in [6.45, 7) is 6.24. The zero-order valence-corrected chi connectivity index (χ0v) is 12.1. The fourth-order valence-electron chi connectivity index (χ4n) is 1.06. The first-order valence-electron chi connectivity index (χ1n) is 4.72. The van der Waals surface area contributed by atoms with E-state index in [0.717, 1.165) is 9.26 Å². The lowest BCUT2D eigenvalue weighted by Crippen LogP contribution is -2.43. The van der Waals surface area contributed by atoms with Crippen molar-refractivity contribution in [1.29, 1.82) is 0 Å². The molecule has 2 nitrogen and oxygen atoms in total. The number of hydrogen-bond donors (Lipinski definition) is 2. The van der Waals surface area contributed by atoms with Crippen molar-refractivity contribution in [3.05, 3.63) is 27.8 Å². The lowest BCUT2D eigenvalue weighted by Gasteiger charge is -2.23. The molecule has 1 rings (SSSR count). The molecule has 0 aromatic heterocycles. The van der Waals surface area contributed by atoms with E-state index in [9.17, 15) is 0 Å². The van der Waals surface area contributed by atoms with Crippen LogP contribution in [0.5, 0.6) is 0 Å². The molecule has 0 saturated carbocycles. The van der Waals surface area contributed by atoms with Gasteiger partial charge in [-0.2, -0.15) is 0 Å². The average molecular weight is 334 g/mol. The summed E-state index contributed by atoms with van der Waals surface area (Å²) in [6, 6.07) is 8.05. The van der Waals surface area contributed by atoms with E-state index in [1.54, 1.807) is 0 Å². The van der Waals surface area contributed by atoms with Crippen molar-refractivity contribution in [3.8, 4) is 0 Å². The van der Waals surface area contributed by atoms with Crippen molar-refractivity contribution in [1.82, 2.24) is 5.32 Å². The van der Waals surface area contributed by atoms with Gasteiger partial charge in [0.15, 0.2) is 5.11 Å². The highest BCUT2D eigenvalue weighted by molar-refractivity contribution is 14.1. The minimum Gasteiger partial charge on any atom is -0.358 e. The van der Waals surface area contributed by atoms with Crippen LogP contribution < -0.4 is 10.6 Å². The lowest BCUT2D eigenvalue weighted by molar-refractivity contribution is 0.515. The van der Waals surface area contributed by atoms with Crippen molar-refractivity contribution in [2.45, 2.75) is 26.3 Å². The average Bonchev–Trinajstić information content (AvgIpc) is 2.05. The van der Waals surface area contributed by atoms with Crippen LogP contribution in [-0.4, -0.2) is 10.7 Å². The summed E-state index contributed by atoms with van der Waals surface area (Å²) in [5.74, 6) is 0. The first-order valence-corrected chi connectivity index (χ1v) is 6.21. The molecule has 0 bridgehead atoms. The Labute approximate surface area is 110 Å². The van der Waals surface area contributed by atoms with E-state index in [-0.39, 0.29) is 5.54 Å². The Bertz CT molecular complexity index is 358. The maximum Gasteiger partial charge on any atom is 0.171 e. The number of anilines is 1. The molecule has 0 radical (unpaired) electrons. The zero-order valence-electron chi connectivity index (χ0n) is 9.10. The Balaban J connectivity index is 2.64. The highest BCUT2D eigenvalue weighted by atomic mass is 127. The highest BCUT2D eigenvalue weighted by Gasteiger charge is 2.11. The molecule has 82 valence electrons. The third-order valence-electron chi connectivity index (χ3n) is 1.61. The molecule has 0 aliphatic rings. The van der Waals surface area contributed by atoms with E-state index in [2.05, 4.69) is 54.0 Å². The summed E-state index contributed by atoms with van der Waals surface area (Å²) in [5, 5.41) is 7.05. The van der Waals surface area contributed by atoms with Crippen LogP contribution in [0.1, 0.15) is 20.8 Å². The van der Waals surface area contributed by atoms with E-state index in [0.29, 0.717) is 5.11 Å². The molecule has 15 heavy (non-hydrogen) atoms. The number of halogens is 1. The van der Waals surface area contributed by atoms with Gasteiger partial charge in [-0.05, 0) is 67.7 Å². The number of benzene rings is 1. The normalized spacial score (nSPS) is 10.9. The first kappa shape index (κ1) is 12.7. The van der Waals surface area contributed by atoms with Gasteiger partial charge in [0.05, 0.1) is 5.69 Å². The van der Waals surface area contributed by atoms with Crippen LogP contribution in [0, 0.1) is 3.57 Å². The molecule has 0 aliphatic carbocycles. The Morgan fingerprint density at radius 2 is 1.87 bits per heavy atom. The molecule has 0 heterocycles. The van der Waals surface area contributed by atoms with Crippen molar-refractivity contribution in [3.63, 3.8) is 0 Å². The molecule has 4 heteroatoms. The largest absolute Gasteiger partial charge is 0.358 e. The van der Waals surface area contributed by atoms with Crippen molar-refractivity contribution >= 4 is 45.6 Å². The van der Waals surface area contributed by atoms with Crippen LogP contribution >= 0.6 is 34.8 Å². The van der Waals surface area contributed by atoms with Gasteiger partial charge in [0, 0.05) is 9.11 Å². The highest BCUT2D eigenvalue weighted by Crippen LogP contribution is 2.16. The topological polar surface area (TPSA) is 24.1 Å². The third kappa shape index (κ3) is 4.79. The van der Waals surface area contributed by atoms with Crippen molar-refractivity contribution in [2.24, 2.45) is 0 Å². The molecular formula is C11H15IN2S. The van der Waals surface area contributed by atoms with E-state index in [1.165, 1.54) is 0 Å². The Morgan fingerprint density at radius 3 is 2.40 bits per heavy atom. The Morgan fingerprint density at radius 1 is 1.27 bits per heavy atom. The summed E-state index contributed by atoms with van der Waals surface area (Å²) >= 11 is 7.50. The van der Waals surface area contributed by atoms with Gasteiger partial charge in [-0.1, -0.05) is 12.1 Å². The molecule has 0 fully saturated rings. The van der Waals surface area contributed by atoms with Gasteiger partial charge in [0.25, 0.3) is 0 Å². The number of rotatable bonds is 1. The van der Waals surface area contributed by atoms with Crippen molar-refractivity contribution < 1.29 is 0 Å². The minimum atomic E-state index is -0.00962. The second-order valence-electron chi connectivity index (χ2n) is 4.31. The SMILES string of the molecule is CC(C)(C)NC(=S)Nc1ccccc1I. The molecule has 0 amide bonds. The molecule has 0 saturated heterocycles. The third-order valence-corrected chi connectivity index (χ3v) is 2.76. The molecule has 1 aromatic rings. The number of nitrogens with one attached hydrogen (secondary N) is 2. The Hall–Kier alpha value is -0.360. The second-order valence-corrected chi connectivity index (χ2v) is 5.88. The predicted octanol–water partition coefficient (Wildman–Crippen LogP) is 3.38. The van der Waals surface area contributed by atoms with Crippen LogP contribution in [0.4, 0.5) is 5.69 Å². The summed E-state index contributed by atoms with van der Waals surface area (Å²) in [6.07, 6.45) is 0. The zero-order chi connectivity index (χ0) is 11.5. The number of thiocarbonyl (C=S) groups is 1. The van der Waals surface area contributed by atoms with Crippen LogP contribution in [0.15, 0.2) is 24.3 Å². The Kier molecular flexibility index (Phi) is 4.33. The van der Waals surface area contributed by atoms with Gasteiger partial charge >= 0.3 is 0 Å². The van der Waals surface area contributed by atoms with E-state index < -0.39 is 0 Å². The summed E-state index contributed by atoms with van der Waals surface area (Å²) in [7, 11) is 0. The second kappa shape index (κ2) is 5.12. The quantitative estimate of drug-likeness (QED) is 0.608. The van der Waals surface area contributed by atoms with Gasteiger partial charge in [0.1, 0.15) is 0 Å². The van der Waals surface area contributed by atoms with Gasteiger partial charge in [-0.15, -0.1) is 0 Å². The maximum atomic E-state index is 5.22. The van der Waals surface area contributed by atoms with E-state index in [1.807, 2.05) is 24.3 Å². The maximum absolute atomic E-state index is 5.22. The molecule has 1 aromatic carbocycles. The monoisotopic (exact) mass is 334 g/mol. The van der Waals surface area contributed by atoms with Gasteiger partial charge in [-0.3, -0.25) is 0 Å². The van der Waals surface area contributed by atoms with Crippen LogP contribution in [0.2, 0.25) is 0 Å². The molecule has 0 unspecified atom stereocenters. The molecule has 0 atom stereocenters. The first-order chi connectivity index (χ1) is 6.88. The fourth-order valence-corrected chi connectivity index (χ4v) is 2.00. The summed E-state index contributed by atoms with van der Waals surface area (Å²) < 4.78 is 1.16. The van der Waals surface area contributed by atoms with Crippen LogP contribution in [0.3, 0.4) is 0 Å². The van der Waals surface area contributed by atoms with Gasteiger partial charge in [-0.25, -0.2) is 0 Å². The molecule has 2 N–H and O–H groups in total. The fraction of sp³-hybridized carbons (Fsp3) is 0.364. The summed E-state index contributed by atoms with van der Waals surface area (Å²) in [5.41, 5.74) is 1.03. The smallest absolute Gasteiger partial charge is 0.171 e. The van der Waals surface area contributed by atoms with E-state index >= 15 is 0 Å². The van der Waals surface area contributed by atoms with Crippen LogP contribution in [0.25, 0.3) is 0 Å². The molecular weight excluding hydrogens is 319 g/mol. The van der Waals surface area contributed by atoms with Crippen molar-refractivity contribution in [2.75, 3.05) is 5.32 Å². The number of hydrogen-bond acceptors (Lipinski definition) is 1. The summed E-state index contributed by atoms with van der Waals surface area (Å²) in [4.78, 5) is 0. The van der Waals surface area contributed by atoms with Crippen LogP contribution in [-0.2, 0) is 0 Å². The van der Waals surface area contributed by atoms with Gasteiger partial charge < -0.3 is 10.6 Å². The standard InChI is InChI=1S/C11H15IN2S/c1-11(2,3)14-10(15)13-9-7-5-4-6-8(9)12/h4-7H,1-3H3,(H2,13,14,15). The van der Waals surface area contributed by atoms with E-state index in [4.69, 9.17) is 12.2 Å². The predicted molar refractivity (Wildman–Crippen MR) is 78.3 cm³/mol. The molecule has 0 spiro atoms. The minimum absolute atomic E-state index is 0.00962. The number of para-hydroxylation sites is 1. The van der Waals surface area contributed by atoms with Gasteiger partial charge in [0.2, 0.25) is 0 Å². The molecule has 0 aliphatic heterocycles. The lowest BCUT2D eigenvalue weighted by atomic mass is 10.1.